The standard InChI is InChI=1S/C7H12N2S2/c1-5-6(2)10-7(8-5)11-9(3)4/h1-4H3. The van der Waals surface area contributed by atoms with E-state index in [0.29, 0.717) is 0 Å². The van der Waals surface area contributed by atoms with Gasteiger partial charge in [-0.1, -0.05) is 0 Å². The van der Waals surface area contributed by atoms with Crippen molar-refractivity contribution in [1.82, 2.24) is 9.29 Å². The fourth-order valence-electron chi connectivity index (χ4n) is 0.639. The normalized spacial score (nSPS) is 11.0. The maximum atomic E-state index is 4.39. The molecule has 0 unspecified atom stereocenters. The van der Waals surface area contributed by atoms with Crippen molar-refractivity contribution in [3.63, 3.8) is 0 Å². The topological polar surface area (TPSA) is 16.1 Å². The highest BCUT2D eigenvalue weighted by Crippen LogP contribution is 2.26. The van der Waals surface area contributed by atoms with Crippen LogP contribution in [0.4, 0.5) is 0 Å². The highest BCUT2D eigenvalue weighted by molar-refractivity contribution is 7.98. The van der Waals surface area contributed by atoms with Crippen molar-refractivity contribution in [3.8, 4) is 0 Å². The second kappa shape index (κ2) is 3.56. The summed E-state index contributed by atoms with van der Waals surface area (Å²) in [7, 11) is 4.05. The van der Waals surface area contributed by atoms with Gasteiger partial charge in [0.15, 0.2) is 4.34 Å². The predicted molar refractivity (Wildman–Crippen MR) is 51.1 cm³/mol. The Morgan fingerprint density at radius 2 is 2.00 bits per heavy atom. The van der Waals surface area contributed by atoms with Crippen LogP contribution in [0.5, 0.6) is 0 Å². The summed E-state index contributed by atoms with van der Waals surface area (Å²) >= 11 is 3.43. The quantitative estimate of drug-likeness (QED) is 0.663. The van der Waals surface area contributed by atoms with Crippen molar-refractivity contribution in [2.45, 2.75) is 18.2 Å². The monoisotopic (exact) mass is 188 g/mol. The molecular formula is C7H12N2S2. The minimum Gasteiger partial charge on any atom is -0.251 e. The van der Waals surface area contributed by atoms with Crippen LogP contribution < -0.4 is 0 Å². The van der Waals surface area contributed by atoms with E-state index in [4.69, 9.17) is 0 Å². The Morgan fingerprint density at radius 1 is 1.36 bits per heavy atom. The fraction of sp³-hybridized carbons (Fsp3) is 0.571. The molecule has 62 valence electrons. The summed E-state index contributed by atoms with van der Waals surface area (Å²) in [5.74, 6) is 0. The lowest BCUT2D eigenvalue weighted by Gasteiger charge is -2.02. The third kappa shape index (κ3) is 2.47. The Hall–Kier alpha value is -0.0600. The molecular weight excluding hydrogens is 176 g/mol. The van der Waals surface area contributed by atoms with Crippen molar-refractivity contribution in [3.05, 3.63) is 10.6 Å². The van der Waals surface area contributed by atoms with Gasteiger partial charge in [0.2, 0.25) is 0 Å². The minimum atomic E-state index is 1.13. The van der Waals surface area contributed by atoms with Gasteiger partial charge in [0.05, 0.1) is 5.69 Å². The lowest BCUT2D eigenvalue weighted by Crippen LogP contribution is -1.97. The summed E-state index contributed by atoms with van der Waals surface area (Å²) < 4.78 is 3.18. The number of nitrogens with zero attached hydrogens (tertiary/aromatic N) is 2. The summed E-state index contributed by atoms with van der Waals surface area (Å²) in [6, 6.07) is 0. The van der Waals surface area contributed by atoms with E-state index in [1.54, 1.807) is 23.3 Å². The maximum Gasteiger partial charge on any atom is 0.165 e. The Morgan fingerprint density at radius 3 is 2.36 bits per heavy atom. The van der Waals surface area contributed by atoms with Gasteiger partial charge < -0.3 is 0 Å². The van der Waals surface area contributed by atoms with Gasteiger partial charge in [0, 0.05) is 4.88 Å². The SMILES string of the molecule is Cc1nc(SN(C)C)sc1C. The van der Waals surface area contributed by atoms with E-state index in [1.807, 2.05) is 21.0 Å². The second-order valence-electron chi connectivity index (χ2n) is 2.53. The molecule has 0 radical (unpaired) electrons. The summed E-state index contributed by atoms with van der Waals surface area (Å²) in [4.78, 5) is 5.70. The molecule has 1 heterocycles. The zero-order valence-electron chi connectivity index (χ0n) is 7.21. The highest BCUT2D eigenvalue weighted by atomic mass is 32.2. The first-order chi connectivity index (χ1) is 5.09. The molecule has 4 heteroatoms. The van der Waals surface area contributed by atoms with Crippen LogP contribution in [-0.4, -0.2) is 23.4 Å². The van der Waals surface area contributed by atoms with Crippen LogP contribution in [-0.2, 0) is 0 Å². The van der Waals surface area contributed by atoms with E-state index < -0.39 is 0 Å². The molecule has 0 saturated carbocycles. The van der Waals surface area contributed by atoms with Crippen molar-refractivity contribution < 1.29 is 0 Å². The number of aromatic nitrogens is 1. The zero-order valence-corrected chi connectivity index (χ0v) is 8.84. The fourth-order valence-corrected chi connectivity index (χ4v) is 2.74. The third-order valence-electron chi connectivity index (χ3n) is 1.27. The average molecular weight is 188 g/mol. The summed E-state index contributed by atoms with van der Waals surface area (Å²) in [5, 5.41) is 0. The van der Waals surface area contributed by atoms with Gasteiger partial charge in [-0.15, -0.1) is 11.3 Å². The molecule has 1 rings (SSSR count). The number of hydrogen-bond acceptors (Lipinski definition) is 4. The average Bonchev–Trinajstić information content (AvgIpc) is 2.10. The van der Waals surface area contributed by atoms with E-state index in [-0.39, 0.29) is 0 Å². The zero-order chi connectivity index (χ0) is 8.43. The van der Waals surface area contributed by atoms with E-state index in [1.165, 1.54) is 4.88 Å². The predicted octanol–water partition coefficient (Wildman–Crippen LogP) is 2.33. The first kappa shape index (κ1) is 9.03. The van der Waals surface area contributed by atoms with E-state index in [2.05, 4.69) is 16.2 Å². The molecule has 0 aromatic carbocycles. The first-order valence-corrected chi connectivity index (χ1v) is 4.98. The Kier molecular flexibility index (Phi) is 2.92. The first-order valence-electron chi connectivity index (χ1n) is 3.39. The van der Waals surface area contributed by atoms with E-state index in [0.717, 1.165) is 10.0 Å². The molecule has 0 aliphatic heterocycles. The molecule has 0 aliphatic carbocycles. The Labute approximate surface area is 75.8 Å². The van der Waals surface area contributed by atoms with Crippen LogP contribution in [0.25, 0.3) is 0 Å². The smallest absolute Gasteiger partial charge is 0.165 e. The largest absolute Gasteiger partial charge is 0.251 e. The third-order valence-corrected chi connectivity index (χ3v) is 3.22. The van der Waals surface area contributed by atoms with Crippen molar-refractivity contribution >= 4 is 23.3 Å². The molecule has 2 nitrogen and oxygen atoms in total. The summed E-state index contributed by atoms with van der Waals surface area (Å²) in [6.45, 7) is 4.15. The van der Waals surface area contributed by atoms with E-state index in [9.17, 15) is 0 Å². The Bertz CT molecular complexity index is 223. The molecule has 0 spiro atoms. The molecule has 0 atom stereocenters. The van der Waals surface area contributed by atoms with Crippen LogP contribution >= 0.6 is 23.3 Å². The van der Waals surface area contributed by atoms with Gasteiger partial charge in [-0.05, 0) is 39.9 Å². The van der Waals surface area contributed by atoms with Crippen LogP contribution in [0, 0.1) is 13.8 Å². The molecule has 1 aromatic heterocycles. The number of aryl methyl sites for hydroxylation is 2. The molecule has 1 aromatic rings. The number of rotatable bonds is 2. The molecule has 11 heavy (non-hydrogen) atoms. The van der Waals surface area contributed by atoms with Gasteiger partial charge in [-0.2, -0.15) is 0 Å². The lowest BCUT2D eigenvalue weighted by molar-refractivity contribution is 0.702. The molecule has 0 saturated heterocycles. The molecule has 0 bridgehead atoms. The maximum absolute atomic E-state index is 4.39. The summed E-state index contributed by atoms with van der Waals surface area (Å²) in [5.41, 5.74) is 1.15. The molecule has 0 aliphatic rings. The van der Waals surface area contributed by atoms with Crippen LogP contribution in [0.3, 0.4) is 0 Å². The van der Waals surface area contributed by atoms with Crippen molar-refractivity contribution in [2.24, 2.45) is 0 Å². The molecule has 0 fully saturated rings. The van der Waals surface area contributed by atoms with Crippen LogP contribution in [0.2, 0.25) is 0 Å². The van der Waals surface area contributed by atoms with Gasteiger partial charge >= 0.3 is 0 Å². The summed E-state index contributed by atoms with van der Waals surface area (Å²) in [6.07, 6.45) is 0. The Balaban J connectivity index is 2.73. The second-order valence-corrected chi connectivity index (χ2v) is 5.29. The van der Waals surface area contributed by atoms with E-state index >= 15 is 0 Å². The number of thiazole rings is 1. The number of hydrogen-bond donors (Lipinski definition) is 0. The van der Waals surface area contributed by atoms with Gasteiger partial charge in [0.1, 0.15) is 0 Å². The van der Waals surface area contributed by atoms with Gasteiger partial charge in [-0.25, -0.2) is 4.98 Å². The highest BCUT2D eigenvalue weighted by Gasteiger charge is 2.04. The molecule has 0 N–H and O–H groups in total. The minimum absolute atomic E-state index is 1.13. The van der Waals surface area contributed by atoms with Crippen molar-refractivity contribution in [1.29, 1.82) is 0 Å². The lowest BCUT2D eigenvalue weighted by atomic mass is 10.4. The van der Waals surface area contributed by atoms with Crippen molar-refractivity contribution in [2.75, 3.05) is 14.1 Å². The van der Waals surface area contributed by atoms with Crippen LogP contribution in [0.15, 0.2) is 4.34 Å². The molecule has 0 amide bonds. The van der Waals surface area contributed by atoms with Gasteiger partial charge in [0.25, 0.3) is 0 Å². The van der Waals surface area contributed by atoms with Gasteiger partial charge in [-0.3, -0.25) is 4.31 Å². The van der Waals surface area contributed by atoms with Crippen LogP contribution in [0.1, 0.15) is 10.6 Å².